The number of hydrogen-bond donors (Lipinski definition) is 1. The smallest absolute Gasteiger partial charge is 0.323 e. The van der Waals surface area contributed by atoms with Crippen molar-refractivity contribution in [2.75, 3.05) is 18.1 Å². The van der Waals surface area contributed by atoms with Crippen molar-refractivity contribution < 1.29 is 9.53 Å². The minimum atomic E-state index is -0.0656. The summed E-state index contributed by atoms with van der Waals surface area (Å²) in [7, 11) is 0. The number of ether oxygens (including phenoxy) is 1. The molecule has 4 heteroatoms. The largest absolute Gasteiger partial charge is 0.464 e. The summed E-state index contributed by atoms with van der Waals surface area (Å²) in [4.78, 5) is 11.2. The molecule has 3 unspecified atom stereocenters. The molecule has 0 radical (unpaired) electrons. The van der Waals surface area contributed by atoms with Crippen LogP contribution in [0.2, 0.25) is 0 Å². The van der Waals surface area contributed by atoms with E-state index in [4.69, 9.17) is 4.74 Å². The third-order valence-electron chi connectivity index (χ3n) is 2.72. The van der Waals surface area contributed by atoms with Crippen molar-refractivity contribution in [2.45, 2.75) is 25.4 Å². The molecule has 13 heavy (non-hydrogen) atoms. The summed E-state index contributed by atoms with van der Waals surface area (Å²) >= 11 is 1.96. The maximum Gasteiger partial charge on any atom is 0.323 e. The number of nitrogens with one attached hydrogen (secondary N) is 1. The van der Waals surface area contributed by atoms with Crippen LogP contribution in [0.25, 0.3) is 0 Å². The third kappa shape index (κ3) is 1.99. The molecule has 2 aliphatic heterocycles. The lowest BCUT2D eigenvalue weighted by molar-refractivity contribution is -0.139. The first-order chi connectivity index (χ1) is 6.27. The third-order valence-corrected chi connectivity index (χ3v) is 4.07. The van der Waals surface area contributed by atoms with Gasteiger partial charge in [-0.3, -0.25) is 4.79 Å². The summed E-state index contributed by atoms with van der Waals surface area (Å²) in [6, 6.07) is 0.465. The van der Waals surface area contributed by atoms with Crippen LogP contribution in [0.4, 0.5) is 0 Å². The van der Waals surface area contributed by atoms with Crippen LogP contribution in [0.15, 0.2) is 0 Å². The molecule has 0 bridgehead atoms. The normalized spacial score (nSPS) is 39.5. The van der Waals surface area contributed by atoms with Gasteiger partial charge in [-0.2, -0.15) is 11.8 Å². The molecule has 0 aromatic rings. The van der Waals surface area contributed by atoms with Gasteiger partial charge in [0.2, 0.25) is 0 Å². The minimum absolute atomic E-state index is 0.0360. The lowest BCUT2D eigenvalue weighted by Gasteiger charge is -2.18. The Labute approximate surface area is 82.6 Å². The van der Waals surface area contributed by atoms with Crippen molar-refractivity contribution in [1.82, 2.24) is 5.32 Å². The van der Waals surface area contributed by atoms with E-state index in [1.807, 2.05) is 11.8 Å². The van der Waals surface area contributed by atoms with Gasteiger partial charge in [0.15, 0.2) is 0 Å². The van der Waals surface area contributed by atoms with Gasteiger partial charge in [0.05, 0.1) is 6.61 Å². The second-order valence-electron chi connectivity index (χ2n) is 3.80. The van der Waals surface area contributed by atoms with E-state index in [0.29, 0.717) is 18.6 Å². The first-order valence-corrected chi connectivity index (χ1v) is 5.93. The van der Waals surface area contributed by atoms with Crippen molar-refractivity contribution in [3.63, 3.8) is 0 Å². The van der Waals surface area contributed by atoms with E-state index in [2.05, 4.69) is 12.2 Å². The Morgan fingerprint density at radius 1 is 1.54 bits per heavy atom. The predicted octanol–water partition coefficient (Wildman–Crippen LogP) is 0.643. The van der Waals surface area contributed by atoms with Gasteiger partial charge >= 0.3 is 5.97 Å². The summed E-state index contributed by atoms with van der Waals surface area (Å²) in [5.74, 6) is 2.95. The fraction of sp³-hybridized carbons (Fsp3) is 0.889. The van der Waals surface area contributed by atoms with Crippen LogP contribution in [0.1, 0.15) is 13.3 Å². The summed E-state index contributed by atoms with van der Waals surface area (Å²) in [5, 5.41) is 3.38. The van der Waals surface area contributed by atoms with E-state index in [9.17, 15) is 4.79 Å². The van der Waals surface area contributed by atoms with Gasteiger partial charge in [0.25, 0.3) is 0 Å². The lowest BCUT2D eigenvalue weighted by atomic mass is 10.1. The van der Waals surface area contributed by atoms with E-state index in [-0.39, 0.29) is 12.0 Å². The predicted molar refractivity (Wildman–Crippen MR) is 52.8 cm³/mol. The summed E-state index contributed by atoms with van der Waals surface area (Å²) < 4.78 is 4.90. The van der Waals surface area contributed by atoms with E-state index < -0.39 is 0 Å². The van der Waals surface area contributed by atoms with Crippen molar-refractivity contribution in [2.24, 2.45) is 5.92 Å². The van der Waals surface area contributed by atoms with Gasteiger partial charge in [0, 0.05) is 18.2 Å². The highest BCUT2D eigenvalue weighted by Crippen LogP contribution is 2.24. The Bertz CT molecular complexity index is 210. The molecule has 2 fully saturated rings. The Kier molecular flexibility index (Phi) is 2.79. The zero-order chi connectivity index (χ0) is 9.26. The standard InChI is InChI=1S/C9H15NO2S/c1-6-4-13-5-8(6)10-7-2-3-12-9(7)11/h6-8,10H,2-5H2,1H3. The second-order valence-corrected chi connectivity index (χ2v) is 4.87. The van der Waals surface area contributed by atoms with Crippen LogP contribution in [0.5, 0.6) is 0 Å². The van der Waals surface area contributed by atoms with E-state index in [1.54, 1.807) is 0 Å². The molecular formula is C9H15NO2S. The number of esters is 1. The second kappa shape index (κ2) is 3.88. The number of carbonyl (C=O) groups excluding carboxylic acids is 1. The minimum Gasteiger partial charge on any atom is -0.464 e. The first-order valence-electron chi connectivity index (χ1n) is 4.78. The summed E-state index contributed by atoms with van der Waals surface area (Å²) in [6.07, 6.45) is 0.840. The van der Waals surface area contributed by atoms with Gasteiger partial charge in [-0.15, -0.1) is 0 Å². The molecule has 74 valence electrons. The van der Waals surface area contributed by atoms with Crippen molar-refractivity contribution in [3.8, 4) is 0 Å². The molecule has 2 aliphatic rings. The molecule has 0 aliphatic carbocycles. The van der Waals surface area contributed by atoms with Crippen LogP contribution in [-0.4, -0.2) is 36.2 Å². The molecule has 0 saturated carbocycles. The van der Waals surface area contributed by atoms with Crippen LogP contribution >= 0.6 is 11.8 Å². The Hall–Kier alpha value is -0.220. The number of rotatable bonds is 2. The maximum absolute atomic E-state index is 11.2. The SMILES string of the molecule is CC1CSCC1NC1CCOC1=O. The molecule has 0 spiro atoms. The lowest BCUT2D eigenvalue weighted by Crippen LogP contribution is -2.43. The van der Waals surface area contributed by atoms with Gasteiger partial charge in [0.1, 0.15) is 6.04 Å². The zero-order valence-electron chi connectivity index (χ0n) is 7.79. The maximum atomic E-state index is 11.2. The number of carbonyl (C=O) groups is 1. The van der Waals surface area contributed by atoms with Crippen molar-refractivity contribution in [3.05, 3.63) is 0 Å². The molecular weight excluding hydrogens is 186 g/mol. The fourth-order valence-corrected chi connectivity index (χ4v) is 3.20. The molecule has 1 N–H and O–H groups in total. The topological polar surface area (TPSA) is 38.3 Å². The number of thioether (sulfide) groups is 1. The molecule has 3 atom stereocenters. The fourth-order valence-electron chi connectivity index (χ4n) is 1.78. The highest BCUT2D eigenvalue weighted by Gasteiger charge is 2.32. The molecule has 3 nitrogen and oxygen atoms in total. The molecule has 0 amide bonds. The van der Waals surface area contributed by atoms with Crippen LogP contribution in [-0.2, 0) is 9.53 Å². The van der Waals surface area contributed by atoms with Crippen LogP contribution < -0.4 is 5.32 Å². The Morgan fingerprint density at radius 2 is 2.38 bits per heavy atom. The van der Waals surface area contributed by atoms with E-state index >= 15 is 0 Å². The van der Waals surface area contributed by atoms with Gasteiger partial charge < -0.3 is 10.1 Å². The Morgan fingerprint density at radius 3 is 2.92 bits per heavy atom. The summed E-state index contributed by atoms with van der Waals surface area (Å²) in [5.41, 5.74) is 0. The quantitative estimate of drug-likeness (QED) is 0.666. The molecule has 0 aromatic heterocycles. The number of hydrogen-bond acceptors (Lipinski definition) is 4. The molecule has 2 heterocycles. The van der Waals surface area contributed by atoms with Crippen LogP contribution in [0.3, 0.4) is 0 Å². The average Bonchev–Trinajstić information content (AvgIpc) is 2.65. The Balaban J connectivity index is 1.86. The van der Waals surface area contributed by atoms with Gasteiger partial charge in [-0.25, -0.2) is 0 Å². The van der Waals surface area contributed by atoms with Crippen LogP contribution in [0, 0.1) is 5.92 Å². The van der Waals surface area contributed by atoms with E-state index in [1.165, 1.54) is 5.75 Å². The first kappa shape index (κ1) is 9.34. The highest BCUT2D eigenvalue weighted by molar-refractivity contribution is 7.99. The monoisotopic (exact) mass is 201 g/mol. The van der Waals surface area contributed by atoms with Gasteiger partial charge in [-0.1, -0.05) is 6.92 Å². The zero-order valence-corrected chi connectivity index (χ0v) is 8.60. The molecule has 2 saturated heterocycles. The molecule has 2 rings (SSSR count). The van der Waals surface area contributed by atoms with Crippen molar-refractivity contribution in [1.29, 1.82) is 0 Å². The summed E-state index contributed by atoms with van der Waals surface area (Å²) in [6.45, 7) is 2.82. The highest BCUT2D eigenvalue weighted by atomic mass is 32.2. The average molecular weight is 201 g/mol. The van der Waals surface area contributed by atoms with Gasteiger partial charge in [-0.05, 0) is 11.7 Å². The van der Waals surface area contributed by atoms with Crippen molar-refractivity contribution >= 4 is 17.7 Å². The number of cyclic esters (lactones) is 1. The molecule has 0 aromatic carbocycles. The van der Waals surface area contributed by atoms with E-state index in [0.717, 1.165) is 12.2 Å².